The molecule has 0 aromatic carbocycles. The lowest BCUT2D eigenvalue weighted by molar-refractivity contribution is -0.137. The summed E-state index contributed by atoms with van der Waals surface area (Å²) >= 11 is 0. The minimum atomic E-state index is -3.31. The van der Waals surface area contributed by atoms with Crippen LogP contribution in [0.4, 0.5) is 0 Å². The van der Waals surface area contributed by atoms with Gasteiger partial charge in [-0.15, -0.1) is 0 Å². The number of rotatable bonds is 8. The third-order valence-corrected chi connectivity index (χ3v) is 4.99. The SMILES string of the molecule is CN1CCC(CCNS(=O)(=O)CCCC(=O)O)CC1. The van der Waals surface area contributed by atoms with Crippen LogP contribution in [-0.2, 0) is 14.8 Å². The van der Waals surface area contributed by atoms with Crippen molar-refractivity contribution in [3.63, 3.8) is 0 Å². The molecule has 19 heavy (non-hydrogen) atoms. The molecular weight excluding hydrogens is 268 g/mol. The summed E-state index contributed by atoms with van der Waals surface area (Å²) in [6.07, 6.45) is 3.18. The third kappa shape index (κ3) is 7.49. The fourth-order valence-electron chi connectivity index (χ4n) is 2.25. The Morgan fingerprint density at radius 3 is 2.58 bits per heavy atom. The predicted molar refractivity (Wildman–Crippen MR) is 73.5 cm³/mol. The summed E-state index contributed by atoms with van der Waals surface area (Å²) in [5.41, 5.74) is 0. The highest BCUT2D eigenvalue weighted by molar-refractivity contribution is 7.89. The zero-order valence-electron chi connectivity index (χ0n) is 11.5. The molecule has 6 nitrogen and oxygen atoms in total. The maximum Gasteiger partial charge on any atom is 0.303 e. The summed E-state index contributed by atoms with van der Waals surface area (Å²) in [5.74, 6) is -0.466. The van der Waals surface area contributed by atoms with E-state index < -0.39 is 16.0 Å². The number of piperidine rings is 1. The van der Waals surface area contributed by atoms with Crippen molar-refractivity contribution < 1.29 is 18.3 Å². The highest BCUT2D eigenvalue weighted by Gasteiger charge is 2.17. The van der Waals surface area contributed by atoms with Gasteiger partial charge in [-0.1, -0.05) is 0 Å². The molecule has 1 saturated heterocycles. The molecule has 1 rings (SSSR count). The van der Waals surface area contributed by atoms with E-state index in [1.54, 1.807) is 0 Å². The number of carboxylic acid groups (broad SMARTS) is 1. The van der Waals surface area contributed by atoms with Gasteiger partial charge in [0.2, 0.25) is 10.0 Å². The number of sulfonamides is 1. The standard InChI is InChI=1S/C12H24N2O4S/c1-14-8-5-11(6-9-14)4-7-13-19(17,18)10-2-3-12(15)16/h11,13H,2-10H2,1H3,(H,15,16). The molecule has 0 spiro atoms. The van der Waals surface area contributed by atoms with E-state index in [-0.39, 0.29) is 18.6 Å². The Morgan fingerprint density at radius 1 is 1.37 bits per heavy atom. The van der Waals surface area contributed by atoms with Crippen molar-refractivity contribution in [3.05, 3.63) is 0 Å². The second kappa shape index (κ2) is 7.81. The van der Waals surface area contributed by atoms with E-state index in [1.165, 1.54) is 0 Å². The van der Waals surface area contributed by atoms with Crippen LogP contribution in [0.3, 0.4) is 0 Å². The molecule has 0 amide bonds. The van der Waals surface area contributed by atoms with Crippen LogP contribution in [0, 0.1) is 5.92 Å². The number of nitrogens with one attached hydrogen (secondary N) is 1. The molecule has 2 N–H and O–H groups in total. The molecule has 1 fully saturated rings. The van der Waals surface area contributed by atoms with Gasteiger partial charge >= 0.3 is 5.97 Å². The van der Waals surface area contributed by atoms with E-state index in [0.29, 0.717) is 12.5 Å². The van der Waals surface area contributed by atoms with Crippen LogP contribution in [0.1, 0.15) is 32.1 Å². The lowest BCUT2D eigenvalue weighted by Gasteiger charge is -2.28. The largest absolute Gasteiger partial charge is 0.481 e. The summed E-state index contributed by atoms with van der Waals surface area (Å²) < 4.78 is 25.7. The number of nitrogens with zero attached hydrogens (tertiary/aromatic N) is 1. The molecule has 0 aromatic rings. The lowest BCUT2D eigenvalue weighted by Crippen LogP contribution is -2.33. The van der Waals surface area contributed by atoms with Crippen LogP contribution in [-0.4, -0.2) is 56.8 Å². The maximum absolute atomic E-state index is 11.6. The maximum atomic E-state index is 11.6. The first-order chi connectivity index (χ1) is 8.89. The van der Waals surface area contributed by atoms with Crippen LogP contribution in [0.25, 0.3) is 0 Å². The van der Waals surface area contributed by atoms with Crippen LogP contribution >= 0.6 is 0 Å². The van der Waals surface area contributed by atoms with E-state index in [4.69, 9.17) is 5.11 Å². The monoisotopic (exact) mass is 292 g/mol. The van der Waals surface area contributed by atoms with Gasteiger partial charge in [-0.25, -0.2) is 13.1 Å². The molecule has 7 heteroatoms. The van der Waals surface area contributed by atoms with Gasteiger partial charge in [-0.3, -0.25) is 4.79 Å². The van der Waals surface area contributed by atoms with Crippen molar-refractivity contribution in [2.45, 2.75) is 32.1 Å². The molecule has 1 aliphatic heterocycles. The van der Waals surface area contributed by atoms with E-state index in [0.717, 1.165) is 32.4 Å². The Bertz CT molecular complexity index is 375. The number of hydrogen-bond donors (Lipinski definition) is 2. The molecule has 0 radical (unpaired) electrons. The van der Waals surface area contributed by atoms with Gasteiger partial charge in [0, 0.05) is 13.0 Å². The van der Waals surface area contributed by atoms with Gasteiger partial charge < -0.3 is 10.0 Å². The second-order valence-corrected chi connectivity index (χ2v) is 7.17. The third-order valence-electron chi connectivity index (χ3n) is 3.52. The first-order valence-electron chi connectivity index (χ1n) is 6.77. The molecule has 1 heterocycles. The molecule has 0 aromatic heterocycles. The number of likely N-dealkylation sites (tertiary alicyclic amines) is 1. The van der Waals surface area contributed by atoms with Crippen molar-refractivity contribution in [2.24, 2.45) is 5.92 Å². The van der Waals surface area contributed by atoms with E-state index >= 15 is 0 Å². The molecule has 0 aliphatic carbocycles. The van der Waals surface area contributed by atoms with Gasteiger partial charge in [0.15, 0.2) is 0 Å². The van der Waals surface area contributed by atoms with Crippen LogP contribution in [0.15, 0.2) is 0 Å². The first kappa shape index (κ1) is 16.4. The van der Waals surface area contributed by atoms with Crippen molar-refractivity contribution in [3.8, 4) is 0 Å². The van der Waals surface area contributed by atoms with Gasteiger partial charge in [0.25, 0.3) is 0 Å². The minimum absolute atomic E-state index is 0.101. The zero-order valence-corrected chi connectivity index (χ0v) is 12.3. The summed E-state index contributed by atoms with van der Waals surface area (Å²) in [5, 5.41) is 8.46. The number of carboxylic acids is 1. The van der Waals surface area contributed by atoms with Crippen molar-refractivity contribution in [1.29, 1.82) is 0 Å². The summed E-state index contributed by atoms with van der Waals surface area (Å²) in [6.45, 7) is 2.62. The number of aliphatic carboxylic acids is 1. The van der Waals surface area contributed by atoms with Gasteiger partial charge in [0.1, 0.15) is 0 Å². The highest BCUT2D eigenvalue weighted by Crippen LogP contribution is 2.18. The topological polar surface area (TPSA) is 86.7 Å². The predicted octanol–water partition coefficient (Wildman–Crippen LogP) is 0.503. The fourth-order valence-corrected chi connectivity index (χ4v) is 3.35. The van der Waals surface area contributed by atoms with E-state index in [9.17, 15) is 13.2 Å². The van der Waals surface area contributed by atoms with Crippen molar-refractivity contribution in [2.75, 3.05) is 32.4 Å². The smallest absolute Gasteiger partial charge is 0.303 e. The van der Waals surface area contributed by atoms with Crippen LogP contribution in [0.5, 0.6) is 0 Å². The molecule has 0 atom stereocenters. The Labute approximate surface area is 115 Å². The van der Waals surface area contributed by atoms with Gasteiger partial charge in [0.05, 0.1) is 5.75 Å². The molecule has 0 bridgehead atoms. The van der Waals surface area contributed by atoms with E-state index in [1.807, 2.05) is 0 Å². The fraction of sp³-hybridized carbons (Fsp3) is 0.917. The summed E-state index contributed by atoms with van der Waals surface area (Å²) in [7, 11) is -1.21. The molecule has 0 saturated carbocycles. The summed E-state index contributed by atoms with van der Waals surface area (Å²) in [6, 6.07) is 0. The molecule has 1 aliphatic rings. The Kier molecular flexibility index (Phi) is 6.74. The number of hydrogen-bond acceptors (Lipinski definition) is 4. The lowest BCUT2D eigenvalue weighted by atomic mass is 9.94. The van der Waals surface area contributed by atoms with Crippen molar-refractivity contribution in [1.82, 2.24) is 9.62 Å². The average molecular weight is 292 g/mol. The Morgan fingerprint density at radius 2 is 2.00 bits per heavy atom. The highest BCUT2D eigenvalue weighted by atomic mass is 32.2. The normalized spacial score (nSPS) is 18.6. The molecule has 112 valence electrons. The molecular formula is C12H24N2O4S. The zero-order chi connectivity index (χ0) is 14.3. The number of carbonyl (C=O) groups is 1. The Balaban J connectivity index is 2.15. The van der Waals surface area contributed by atoms with Crippen LogP contribution < -0.4 is 4.72 Å². The first-order valence-corrected chi connectivity index (χ1v) is 8.42. The quantitative estimate of drug-likeness (QED) is 0.680. The summed E-state index contributed by atoms with van der Waals surface area (Å²) in [4.78, 5) is 12.6. The Hall–Kier alpha value is -0.660. The van der Waals surface area contributed by atoms with Gasteiger partial charge in [-0.2, -0.15) is 0 Å². The van der Waals surface area contributed by atoms with Crippen molar-refractivity contribution >= 4 is 16.0 Å². The molecule has 0 unspecified atom stereocenters. The minimum Gasteiger partial charge on any atom is -0.481 e. The van der Waals surface area contributed by atoms with Crippen LogP contribution in [0.2, 0.25) is 0 Å². The van der Waals surface area contributed by atoms with Gasteiger partial charge in [-0.05, 0) is 51.7 Å². The average Bonchev–Trinajstić information content (AvgIpc) is 2.30. The second-order valence-electron chi connectivity index (χ2n) is 5.25. The van der Waals surface area contributed by atoms with E-state index in [2.05, 4.69) is 16.7 Å².